The van der Waals surface area contributed by atoms with E-state index in [-0.39, 0.29) is 18.9 Å². The van der Waals surface area contributed by atoms with Crippen molar-refractivity contribution in [3.8, 4) is 0 Å². The van der Waals surface area contributed by atoms with Gasteiger partial charge in [0.05, 0.1) is 0 Å². The number of carbonyl (C=O) groups is 3. The van der Waals surface area contributed by atoms with Crippen LogP contribution in [-0.4, -0.2) is 46.8 Å². The molecule has 7 nitrogen and oxygen atoms in total. The van der Waals surface area contributed by atoms with Crippen LogP contribution in [0.1, 0.15) is 31.7 Å². The van der Waals surface area contributed by atoms with E-state index in [4.69, 9.17) is 4.74 Å². The lowest BCUT2D eigenvalue weighted by molar-refractivity contribution is -0.182. The number of nitrogens with zero attached hydrogens (tertiary/aromatic N) is 1. The van der Waals surface area contributed by atoms with E-state index < -0.39 is 17.5 Å². The van der Waals surface area contributed by atoms with E-state index >= 15 is 0 Å². The average Bonchev–Trinajstić information content (AvgIpc) is 2.55. The molecule has 1 heterocycles. The molecule has 24 heavy (non-hydrogen) atoms. The molecule has 1 amide bonds. The Morgan fingerprint density at radius 3 is 2.29 bits per heavy atom. The molecule has 7 heteroatoms. The van der Waals surface area contributed by atoms with Crippen molar-refractivity contribution < 1.29 is 29.3 Å². The van der Waals surface area contributed by atoms with Gasteiger partial charge in [-0.2, -0.15) is 0 Å². The summed E-state index contributed by atoms with van der Waals surface area (Å²) in [7, 11) is 0. The number of ether oxygens (including phenoxy) is 1. The zero-order chi connectivity index (χ0) is 17.7. The molecule has 0 unspecified atom stereocenters. The monoisotopic (exact) mass is 335 g/mol. The molecule has 2 N–H and O–H groups in total. The SMILES string of the molecule is CCOC(Cc1ccc(N2CCCCC2=O)cc1)(C(=O)O)C(=O)O. The summed E-state index contributed by atoms with van der Waals surface area (Å²) in [6, 6.07) is 6.69. The van der Waals surface area contributed by atoms with Crippen molar-refractivity contribution >= 4 is 23.5 Å². The second-order valence-corrected chi connectivity index (χ2v) is 5.72. The van der Waals surface area contributed by atoms with E-state index in [0.29, 0.717) is 18.5 Å². The largest absolute Gasteiger partial charge is 0.479 e. The zero-order valence-corrected chi connectivity index (χ0v) is 13.5. The minimum absolute atomic E-state index is 0.0288. The van der Waals surface area contributed by atoms with E-state index in [1.54, 1.807) is 36.1 Å². The van der Waals surface area contributed by atoms with Crippen LogP contribution in [0.3, 0.4) is 0 Å². The van der Waals surface area contributed by atoms with E-state index in [1.165, 1.54) is 0 Å². The van der Waals surface area contributed by atoms with Gasteiger partial charge < -0.3 is 19.8 Å². The predicted octanol–water partition coefficient (Wildman–Crippen LogP) is 1.69. The predicted molar refractivity (Wildman–Crippen MR) is 86.0 cm³/mol. The quantitative estimate of drug-likeness (QED) is 0.735. The highest BCUT2D eigenvalue weighted by molar-refractivity contribution is 6.02. The first-order chi connectivity index (χ1) is 11.4. The van der Waals surface area contributed by atoms with Crippen LogP contribution < -0.4 is 4.90 Å². The highest BCUT2D eigenvalue weighted by Gasteiger charge is 2.48. The minimum atomic E-state index is -2.31. The summed E-state index contributed by atoms with van der Waals surface area (Å²) in [5.74, 6) is -3.01. The van der Waals surface area contributed by atoms with Gasteiger partial charge in [-0.25, -0.2) is 9.59 Å². The summed E-state index contributed by atoms with van der Waals surface area (Å²) in [5.41, 5.74) is -1.06. The lowest BCUT2D eigenvalue weighted by atomic mass is 9.94. The second-order valence-electron chi connectivity index (χ2n) is 5.72. The summed E-state index contributed by atoms with van der Waals surface area (Å²) < 4.78 is 5.06. The first-order valence-corrected chi connectivity index (χ1v) is 7.90. The Balaban J connectivity index is 2.21. The number of aliphatic carboxylic acids is 2. The number of carbonyl (C=O) groups excluding carboxylic acids is 1. The van der Waals surface area contributed by atoms with Crippen LogP contribution >= 0.6 is 0 Å². The molecule has 1 aromatic carbocycles. The average molecular weight is 335 g/mol. The van der Waals surface area contributed by atoms with Gasteiger partial charge in [0.1, 0.15) is 0 Å². The van der Waals surface area contributed by atoms with Crippen LogP contribution in [0.15, 0.2) is 24.3 Å². The number of anilines is 1. The Hall–Kier alpha value is -2.41. The molecule has 0 aromatic heterocycles. The minimum Gasteiger partial charge on any atom is -0.479 e. The van der Waals surface area contributed by atoms with Crippen molar-refractivity contribution in [2.75, 3.05) is 18.1 Å². The maximum Gasteiger partial charge on any atom is 0.348 e. The lowest BCUT2D eigenvalue weighted by Gasteiger charge is -2.27. The summed E-state index contributed by atoms with van der Waals surface area (Å²) in [6.07, 6.45) is 2.06. The molecule has 0 radical (unpaired) electrons. The molecule has 1 aliphatic heterocycles. The van der Waals surface area contributed by atoms with Crippen molar-refractivity contribution in [3.05, 3.63) is 29.8 Å². The molecule has 1 fully saturated rings. The molecular weight excluding hydrogens is 314 g/mol. The van der Waals surface area contributed by atoms with Gasteiger partial charge >= 0.3 is 11.9 Å². The van der Waals surface area contributed by atoms with E-state index in [9.17, 15) is 24.6 Å². The summed E-state index contributed by atoms with van der Waals surface area (Å²) in [4.78, 5) is 36.5. The number of rotatable bonds is 7. The van der Waals surface area contributed by atoms with Crippen molar-refractivity contribution in [2.24, 2.45) is 0 Å². The lowest BCUT2D eigenvalue weighted by Crippen LogP contribution is -2.51. The van der Waals surface area contributed by atoms with Crippen LogP contribution in [0, 0.1) is 0 Å². The fourth-order valence-electron chi connectivity index (χ4n) is 2.82. The third kappa shape index (κ3) is 3.56. The third-order valence-corrected chi connectivity index (χ3v) is 4.11. The molecule has 130 valence electrons. The van der Waals surface area contributed by atoms with Gasteiger partial charge in [0.25, 0.3) is 5.60 Å². The fourth-order valence-corrected chi connectivity index (χ4v) is 2.82. The number of piperidine rings is 1. The standard InChI is InChI=1S/C17H21NO6/c1-2-24-17(15(20)21,16(22)23)11-12-6-8-13(9-7-12)18-10-4-3-5-14(18)19/h6-9H,2-5,10-11H2,1H3,(H,20,21)(H,22,23). The van der Waals surface area contributed by atoms with Crippen molar-refractivity contribution in [2.45, 2.75) is 38.2 Å². The first kappa shape index (κ1) is 17.9. The van der Waals surface area contributed by atoms with Crippen LogP contribution in [0.4, 0.5) is 5.69 Å². The van der Waals surface area contributed by atoms with E-state index in [0.717, 1.165) is 18.5 Å². The van der Waals surface area contributed by atoms with Gasteiger partial charge in [0.15, 0.2) is 0 Å². The molecule has 0 spiro atoms. The molecule has 1 aliphatic rings. The van der Waals surface area contributed by atoms with Crippen LogP contribution in [0.5, 0.6) is 0 Å². The van der Waals surface area contributed by atoms with Gasteiger partial charge in [-0.1, -0.05) is 12.1 Å². The second kappa shape index (κ2) is 7.44. The van der Waals surface area contributed by atoms with Crippen LogP contribution in [0.25, 0.3) is 0 Å². The van der Waals surface area contributed by atoms with Crippen molar-refractivity contribution in [1.82, 2.24) is 0 Å². The Labute approximate surface area is 139 Å². The number of hydrogen-bond acceptors (Lipinski definition) is 4. The summed E-state index contributed by atoms with van der Waals surface area (Å²) >= 11 is 0. The summed E-state index contributed by atoms with van der Waals surface area (Å²) in [5, 5.41) is 18.6. The number of benzene rings is 1. The molecule has 0 atom stereocenters. The van der Waals surface area contributed by atoms with Gasteiger partial charge in [-0.05, 0) is 37.5 Å². The smallest absolute Gasteiger partial charge is 0.348 e. The molecule has 1 saturated heterocycles. The topological polar surface area (TPSA) is 104 Å². The zero-order valence-electron chi connectivity index (χ0n) is 13.5. The Morgan fingerprint density at radius 2 is 1.79 bits per heavy atom. The van der Waals surface area contributed by atoms with Gasteiger partial charge in [0.2, 0.25) is 5.91 Å². The Kier molecular flexibility index (Phi) is 5.56. The van der Waals surface area contributed by atoms with E-state index in [1.807, 2.05) is 0 Å². The van der Waals surface area contributed by atoms with Gasteiger partial charge in [0, 0.05) is 31.7 Å². The van der Waals surface area contributed by atoms with Crippen molar-refractivity contribution in [1.29, 1.82) is 0 Å². The normalized spacial score (nSPS) is 15.4. The Morgan fingerprint density at radius 1 is 1.17 bits per heavy atom. The van der Waals surface area contributed by atoms with Gasteiger partial charge in [-0.15, -0.1) is 0 Å². The first-order valence-electron chi connectivity index (χ1n) is 7.90. The number of hydrogen-bond donors (Lipinski definition) is 2. The highest BCUT2D eigenvalue weighted by atomic mass is 16.5. The maximum atomic E-state index is 11.9. The maximum absolute atomic E-state index is 11.9. The van der Waals surface area contributed by atoms with Gasteiger partial charge in [-0.3, -0.25) is 4.79 Å². The van der Waals surface area contributed by atoms with Crippen LogP contribution in [0.2, 0.25) is 0 Å². The Bertz CT molecular complexity index is 610. The molecular formula is C17H21NO6. The third-order valence-electron chi connectivity index (χ3n) is 4.11. The molecule has 1 aromatic rings. The molecule has 2 rings (SSSR count). The number of amides is 1. The van der Waals surface area contributed by atoms with E-state index in [2.05, 4.69) is 0 Å². The van der Waals surface area contributed by atoms with Crippen LogP contribution in [-0.2, 0) is 25.5 Å². The molecule has 0 saturated carbocycles. The fraction of sp³-hybridized carbons (Fsp3) is 0.471. The summed E-state index contributed by atoms with van der Waals surface area (Å²) in [6.45, 7) is 2.18. The number of carboxylic acids is 2. The molecule has 0 aliphatic carbocycles. The number of carboxylic acid groups (broad SMARTS) is 2. The van der Waals surface area contributed by atoms with Crippen molar-refractivity contribution in [3.63, 3.8) is 0 Å². The molecule has 0 bridgehead atoms. The highest BCUT2D eigenvalue weighted by Crippen LogP contribution is 2.24.